The lowest BCUT2D eigenvalue weighted by molar-refractivity contribution is 0.667. The Kier molecular flexibility index (Phi) is 5.81. The van der Waals surface area contributed by atoms with E-state index in [4.69, 9.17) is 0 Å². The predicted molar refractivity (Wildman–Crippen MR) is 188 cm³/mol. The maximum absolute atomic E-state index is 3.48. The van der Waals surface area contributed by atoms with Crippen molar-refractivity contribution >= 4 is 38.9 Å². The fourth-order valence-electron chi connectivity index (χ4n) is 7.42. The summed E-state index contributed by atoms with van der Waals surface area (Å²) in [6.45, 7) is 2.18. The highest BCUT2D eigenvalue weighted by Gasteiger charge is 2.38. The topological polar surface area (TPSA) is 11.4 Å². The van der Waals surface area contributed by atoms with Gasteiger partial charge in [-0.1, -0.05) is 109 Å². The van der Waals surface area contributed by atoms with Crippen molar-refractivity contribution < 1.29 is 0 Å². The Labute approximate surface area is 263 Å². The Bertz CT molecular complexity index is 2280. The summed E-state index contributed by atoms with van der Waals surface area (Å²) in [5.41, 5.74) is 16.9. The van der Waals surface area contributed by atoms with Crippen LogP contribution in [0.5, 0.6) is 0 Å². The molecule has 0 radical (unpaired) electrons. The molecule has 0 saturated carbocycles. The lowest BCUT2D eigenvalue weighted by Crippen LogP contribution is -2.39. The van der Waals surface area contributed by atoms with Gasteiger partial charge in [0.2, 0.25) is 0 Å². The van der Waals surface area contributed by atoms with Gasteiger partial charge in [-0.25, -0.2) is 0 Å². The summed E-state index contributed by atoms with van der Waals surface area (Å²) < 4.78 is 2.43. The van der Waals surface area contributed by atoms with E-state index in [1.54, 1.807) is 0 Å². The summed E-state index contributed by atoms with van der Waals surface area (Å²) in [5, 5.41) is 2.54. The molecule has 9 rings (SSSR count). The second-order valence-electron chi connectivity index (χ2n) is 12.0. The van der Waals surface area contributed by atoms with Crippen LogP contribution < -0.4 is 9.80 Å². The Morgan fingerprint density at radius 1 is 0.489 bits per heavy atom. The largest absolute Gasteiger partial charge is 0.317 e. The van der Waals surface area contributed by atoms with E-state index in [-0.39, 0.29) is 6.17 Å². The first-order chi connectivity index (χ1) is 22.3. The van der Waals surface area contributed by atoms with Crippen LogP contribution in [-0.4, -0.2) is 10.7 Å². The Hall–Kier alpha value is -5.76. The average molecular weight is 578 g/mol. The standard InChI is InChI=1S/C42H31N3/c1-29-26-27-43-40-24-12-13-25-41(40)45(42(43)28-29)39-23-11-5-17-33(39)31-15-3-2-14-30(31)32-16-4-8-20-36(32)44-37-21-9-6-18-34(37)35-19-7-10-22-38(35)44/h2-25,27,42H,28H2,1H3/t42-/m1/s1. The highest BCUT2D eigenvalue weighted by Crippen LogP contribution is 2.50. The minimum atomic E-state index is 0.168. The van der Waals surface area contributed by atoms with Crippen LogP contribution in [0.1, 0.15) is 13.3 Å². The second-order valence-corrected chi connectivity index (χ2v) is 12.0. The van der Waals surface area contributed by atoms with E-state index in [9.17, 15) is 0 Å². The summed E-state index contributed by atoms with van der Waals surface area (Å²) in [5.74, 6) is 0. The summed E-state index contributed by atoms with van der Waals surface area (Å²) >= 11 is 0. The number of hydrogen-bond donors (Lipinski definition) is 0. The predicted octanol–water partition coefficient (Wildman–Crippen LogP) is 10.9. The van der Waals surface area contributed by atoms with E-state index in [1.165, 1.54) is 72.4 Å². The molecule has 7 aromatic rings. The number of rotatable bonds is 4. The molecule has 0 bridgehead atoms. The Balaban J connectivity index is 1.26. The molecule has 3 nitrogen and oxygen atoms in total. The van der Waals surface area contributed by atoms with Crippen LogP contribution >= 0.6 is 0 Å². The lowest BCUT2D eigenvalue weighted by atomic mass is 9.92. The molecule has 2 aliphatic heterocycles. The van der Waals surface area contributed by atoms with Crippen molar-refractivity contribution in [2.75, 3.05) is 9.80 Å². The Morgan fingerprint density at radius 2 is 0.956 bits per heavy atom. The van der Waals surface area contributed by atoms with Crippen LogP contribution in [-0.2, 0) is 0 Å². The normalized spacial score (nSPS) is 15.4. The quantitative estimate of drug-likeness (QED) is 0.193. The molecule has 0 saturated heterocycles. The molecule has 0 unspecified atom stereocenters. The van der Waals surface area contributed by atoms with E-state index < -0.39 is 0 Å². The first kappa shape index (κ1) is 25.7. The van der Waals surface area contributed by atoms with Crippen LogP contribution in [0.15, 0.2) is 163 Å². The monoisotopic (exact) mass is 577 g/mol. The molecule has 0 aliphatic carbocycles. The molecule has 1 aromatic heterocycles. The molecule has 45 heavy (non-hydrogen) atoms. The van der Waals surface area contributed by atoms with E-state index in [0.717, 1.165) is 6.42 Å². The summed E-state index contributed by atoms with van der Waals surface area (Å²) in [6, 6.07) is 52.8. The highest BCUT2D eigenvalue weighted by atomic mass is 15.4. The zero-order valence-electron chi connectivity index (χ0n) is 25.1. The smallest absolute Gasteiger partial charge is 0.115 e. The number of fused-ring (bicyclic) bond motifs is 6. The molecule has 6 aromatic carbocycles. The van der Waals surface area contributed by atoms with Gasteiger partial charge >= 0.3 is 0 Å². The molecule has 0 spiro atoms. The van der Waals surface area contributed by atoms with Gasteiger partial charge in [-0.2, -0.15) is 0 Å². The highest BCUT2D eigenvalue weighted by molar-refractivity contribution is 6.10. The van der Waals surface area contributed by atoms with Gasteiger partial charge < -0.3 is 14.4 Å². The SMILES string of the molecule is CC1=C=CN2c3ccccc3N(c3ccccc3-c3ccccc3-c3ccccc3-n3c4ccccc4c4ccccc43)[C@@H]2C1. The molecule has 3 heterocycles. The molecular weight excluding hydrogens is 546 g/mol. The number of aromatic nitrogens is 1. The first-order valence-corrected chi connectivity index (χ1v) is 15.6. The maximum Gasteiger partial charge on any atom is 0.115 e. The summed E-state index contributed by atoms with van der Waals surface area (Å²) in [7, 11) is 0. The molecule has 214 valence electrons. The minimum Gasteiger partial charge on any atom is -0.317 e. The molecule has 1 atom stereocenters. The number of benzene rings is 6. The van der Waals surface area contributed by atoms with Crippen molar-refractivity contribution in [1.82, 2.24) is 4.57 Å². The fraction of sp³-hybridized carbons (Fsp3) is 0.0714. The third-order valence-electron chi connectivity index (χ3n) is 9.37. The minimum absolute atomic E-state index is 0.168. The molecular formula is C42H31N3. The van der Waals surface area contributed by atoms with Crippen LogP contribution in [0, 0.1) is 0 Å². The van der Waals surface area contributed by atoms with Gasteiger partial charge in [0.05, 0.1) is 33.8 Å². The van der Waals surface area contributed by atoms with Crippen molar-refractivity contribution in [2.24, 2.45) is 0 Å². The summed E-state index contributed by atoms with van der Waals surface area (Å²) in [6.07, 6.45) is 3.22. The molecule has 0 amide bonds. The van der Waals surface area contributed by atoms with Crippen LogP contribution in [0.25, 0.3) is 49.7 Å². The van der Waals surface area contributed by atoms with Gasteiger partial charge in [-0.15, -0.1) is 5.73 Å². The van der Waals surface area contributed by atoms with Gasteiger partial charge in [0.1, 0.15) is 6.17 Å². The Morgan fingerprint density at radius 3 is 1.60 bits per heavy atom. The lowest BCUT2D eigenvalue weighted by Gasteiger charge is -2.34. The molecule has 2 aliphatic rings. The zero-order chi connectivity index (χ0) is 29.9. The van der Waals surface area contributed by atoms with Gasteiger partial charge in [0.15, 0.2) is 0 Å². The molecule has 0 N–H and O–H groups in total. The third-order valence-corrected chi connectivity index (χ3v) is 9.37. The number of para-hydroxylation sites is 6. The van der Waals surface area contributed by atoms with Crippen LogP contribution in [0.2, 0.25) is 0 Å². The zero-order valence-corrected chi connectivity index (χ0v) is 25.1. The van der Waals surface area contributed by atoms with Crippen molar-refractivity contribution in [3.05, 3.63) is 163 Å². The van der Waals surface area contributed by atoms with Crippen LogP contribution in [0.3, 0.4) is 0 Å². The third kappa shape index (κ3) is 3.92. The fourth-order valence-corrected chi connectivity index (χ4v) is 7.42. The number of nitrogens with zero attached hydrogens (tertiary/aromatic N) is 3. The first-order valence-electron chi connectivity index (χ1n) is 15.6. The van der Waals surface area contributed by atoms with Crippen LogP contribution in [0.4, 0.5) is 17.1 Å². The molecule has 3 heteroatoms. The van der Waals surface area contributed by atoms with Gasteiger partial charge in [-0.3, -0.25) is 0 Å². The van der Waals surface area contributed by atoms with Gasteiger partial charge in [-0.05, 0) is 60.0 Å². The van der Waals surface area contributed by atoms with Gasteiger partial charge in [0.25, 0.3) is 0 Å². The van der Waals surface area contributed by atoms with Crippen molar-refractivity contribution in [3.63, 3.8) is 0 Å². The van der Waals surface area contributed by atoms with Gasteiger partial charge in [0, 0.05) is 34.5 Å². The van der Waals surface area contributed by atoms with Crippen molar-refractivity contribution in [1.29, 1.82) is 0 Å². The van der Waals surface area contributed by atoms with E-state index >= 15 is 0 Å². The summed E-state index contributed by atoms with van der Waals surface area (Å²) in [4.78, 5) is 4.91. The van der Waals surface area contributed by atoms with E-state index in [0.29, 0.717) is 0 Å². The second kappa shape index (κ2) is 10.2. The maximum atomic E-state index is 3.48. The number of hydrogen-bond acceptors (Lipinski definition) is 2. The van der Waals surface area contributed by atoms with Crippen molar-refractivity contribution in [3.8, 4) is 27.9 Å². The van der Waals surface area contributed by atoms with E-state index in [2.05, 4.69) is 179 Å². The van der Waals surface area contributed by atoms with Crippen molar-refractivity contribution in [2.45, 2.75) is 19.5 Å². The molecule has 0 fully saturated rings. The van der Waals surface area contributed by atoms with E-state index in [1.807, 2.05) is 0 Å². The average Bonchev–Trinajstić information content (AvgIpc) is 3.61. The number of anilines is 3.